The number of halogens is 2. The standard InChI is InChI=1S/C23H24F2/c1-2-3-4-5-6-8-17-11-13-21-18(15-17)9-7-10-20(21)19-12-14-22(24)23(25)16-19/h7,9-16H,2-6,8H2,1H3. The molecule has 0 aliphatic heterocycles. The van der Waals surface area contributed by atoms with Crippen LogP contribution < -0.4 is 0 Å². The highest BCUT2D eigenvalue weighted by atomic mass is 19.2. The zero-order valence-electron chi connectivity index (χ0n) is 14.7. The topological polar surface area (TPSA) is 0 Å². The molecule has 0 spiro atoms. The van der Waals surface area contributed by atoms with Gasteiger partial charge < -0.3 is 0 Å². The van der Waals surface area contributed by atoms with Gasteiger partial charge in [-0.15, -0.1) is 0 Å². The fourth-order valence-corrected chi connectivity index (χ4v) is 3.34. The summed E-state index contributed by atoms with van der Waals surface area (Å²) in [5.74, 6) is -1.62. The molecule has 0 fully saturated rings. The first-order chi connectivity index (χ1) is 12.2. The summed E-state index contributed by atoms with van der Waals surface area (Å²) in [6.45, 7) is 2.23. The van der Waals surface area contributed by atoms with E-state index < -0.39 is 11.6 Å². The van der Waals surface area contributed by atoms with Gasteiger partial charge in [-0.3, -0.25) is 0 Å². The van der Waals surface area contributed by atoms with Gasteiger partial charge in [0.2, 0.25) is 0 Å². The van der Waals surface area contributed by atoms with Crippen molar-refractivity contribution in [1.29, 1.82) is 0 Å². The Hall–Kier alpha value is -2.22. The van der Waals surface area contributed by atoms with Crippen molar-refractivity contribution in [2.45, 2.75) is 45.4 Å². The summed E-state index contributed by atoms with van der Waals surface area (Å²) in [5.41, 5.74) is 2.98. The summed E-state index contributed by atoms with van der Waals surface area (Å²) in [7, 11) is 0. The van der Waals surface area contributed by atoms with E-state index in [1.165, 1.54) is 49.8 Å². The van der Waals surface area contributed by atoms with Crippen LogP contribution in [0.2, 0.25) is 0 Å². The molecular formula is C23H24F2. The van der Waals surface area contributed by atoms with Crippen LogP contribution >= 0.6 is 0 Å². The predicted octanol–water partition coefficient (Wildman–Crippen LogP) is 7.30. The normalized spacial score (nSPS) is 11.2. The van der Waals surface area contributed by atoms with E-state index in [2.05, 4.69) is 31.2 Å². The molecule has 3 aromatic rings. The molecule has 0 aliphatic carbocycles. The van der Waals surface area contributed by atoms with Gasteiger partial charge in [-0.05, 0) is 52.4 Å². The lowest BCUT2D eigenvalue weighted by Crippen LogP contribution is -1.89. The zero-order valence-corrected chi connectivity index (χ0v) is 14.7. The van der Waals surface area contributed by atoms with E-state index >= 15 is 0 Å². The highest BCUT2D eigenvalue weighted by Gasteiger charge is 2.08. The third kappa shape index (κ3) is 4.25. The minimum absolute atomic E-state index is 0.705. The molecule has 0 aromatic heterocycles. The molecule has 0 saturated heterocycles. The molecule has 0 heterocycles. The molecule has 0 radical (unpaired) electrons. The molecule has 0 amide bonds. The van der Waals surface area contributed by atoms with Crippen LogP contribution in [0.1, 0.15) is 44.6 Å². The van der Waals surface area contributed by atoms with Crippen LogP contribution in [0, 0.1) is 11.6 Å². The SMILES string of the molecule is CCCCCCCc1ccc2c(-c3ccc(F)c(F)c3)cccc2c1. The van der Waals surface area contributed by atoms with E-state index in [0.717, 1.165) is 22.8 Å². The maximum Gasteiger partial charge on any atom is 0.159 e. The Morgan fingerprint density at radius 1 is 0.760 bits per heavy atom. The van der Waals surface area contributed by atoms with Crippen molar-refractivity contribution in [2.75, 3.05) is 0 Å². The average molecular weight is 338 g/mol. The first-order valence-corrected chi connectivity index (χ1v) is 9.16. The Labute approximate surface area is 148 Å². The lowest BCUT2D eigenvalue weighted by Gasteiger charge is -2.09. The summed E-state index contributed by atoms with van der Waals surface area (Å²) >= 11 is 0. The van der Waals surface area contributed by atoms with Crippen LogP contribution in [0.4, 0.5) is 8.78 Å². The van der Waals surface area contributed by atoms with Gasteiger partial charge in [-0.1, -0.05) is 75.1 Å². The Morgan fingerprint density at radius 3 is 2.40 bits per heavy atom. The smallest absolute Gasteiger partial charge is 0.159 e. The monoisotopic (exact) mass is 338 g/mol. The molecule has 0 atom stereocenters. The third-order valence-corrected chi connectivity index (χ3v) is 4.74. The lowest BCUT2D eigenvalue weighted by molar-refractivity contribution is 0.509. The fraction of sp³-hybridized carbons (Fsp3) is 0.304. The number of fused-ring (bicyclic) bond motifs is 1. The molecule has 0 nitrogen and oxygen atoms in total. The molecule has 25 heavy (non-hydrogen) atoms. The molecule has 3 aromatic carbocycles. The van der Waals surface area contributed by atoms with E-state index in [1.54, 1.807) is 6.07 Å². The number of unbranched alkanes of at least 4 members (excludes halogenated alkanes) is 4. The van der Waals surface area contributed by atoms with Crippen LogP contribution in [0.25, 0.3) is 21.9 Å². The van der Waals surface area contributed by atoms with E-state index in [4.69, 9.17) is 0 Å². The fourth-order valence-electron chi connectivity index (χ4n) is 3.34. The maximum absolute atomic E-state index is 13.6. The Bertz CT molecular complexity index is 852. The lowest BCUT2D eigenvalue weighted by atomic mass is 9.95. The summed E-state index contributed by atoms with van der Waals surface area (Å²) < 4.78 is 26.8. The van der Waals surface area contributed by atoms with Crippen molar-refractivity contribution in [2.24, 2.45) is 0 Å². The summed E-state index contributed by atoms with van der Waals surface area (Å²) in [6.07, 6.45) is 7.48. The van der Waals surface area contributed by atoms with E-state index in [1.807, 2.05) is 12.1 Å². The number of rotatable bonds is 7. The second kappa shape index (κ2) is 8.24. The van der Waals surface area contributed by atoms with Gasteiger partial charge in [0, 0.05) is 0 Å². The first kappa shape index (κ1) is 17.6. The Kier molecular flexibility index (Phi) is 5.80. The summed E-state index contributed by atoms with van der Waals surface area (Å²) in [6, 6.07) is 16.6. The van der Waals surface area contributed by atoms with Crippen LogP contribution in [-0.4, -0.2) is 0 Å². The van der Waals surface area contributed by atoms with Gasteiger partial charge in [0.15, 0.2) is 11.6 Å². The Morgan fingerprint density at radius 2 is 1.60 bits per heavy atom. The highest BCUT2D eigenvalue weighted by molar-refractivity contribution is 5.96. The number of aryl methyl sites for hydroxylation is 1. The van der Waals surface area contributed by atoms with E-state index in [9.17, 15) is 8.78 Å². The van der Waals surface area contributed by atoms with E-state index in [-0.39, 0.29) is 0 Å². The highest BCUT2D eigenvalue weighted by Crippen LogP contribution is 2.30. The number of hydrogen-bond donors (Lipinski definition) is 0. The van der Waals surface area contributed by atoms with Gasteiger partial charge in [0.1, 0.15) is 0 Å². The van der Waals surface area contributed by atoms with Crippen LogP contribution in [0.5, 0.6) is 0 Å². The predicted molar refractivity (Wildman–Crippen MR) is 102 cm³/mol. The number of hydrogen-bond acceptors (Lipinski definition) is 0. The van der Waals surface area contributed by atoms with Gasteiger partial charge in [-0.25, -0.2) is 8.78 Å². The third-order valence-electron chi connectivity index (χ3n) is 4.74. The summed E-state index contributed by atoms with van der Waals surface area (Å²) in [4.78, 5) is 0. The van der Waals surface area contributed by atoms with Crippen molar-refractivity contribution < 1.29 is 8.78 Å². The second-order valence-electron chi connectivity index (χ2n) is 6.65. The average Bonchev–Trinajstić information content (AvgIpc) is 2.63. The van der Waals surface area contributed by atoms with Crippen LogP contribution in [0.3, 0.4) is 0 Å². The minimum atomic E-state index is -0.811. The quantitative estimate of drug-likeness (QED) is 0.396. The van der Waals surface area contributed by atoms with Crippen molar-refractivity contribution >= 4 is 10.8 Å². The first-order valence-electron chi connectivity index (χ1n) is 9.16. The molecule has 0 aliphatic rings. The van der Waals surface area contributed by atoms with Crippen LogP contribution in [0.15, 0.2) is 54.6 Å². The molecular weight excluding hydrogens is 314 g/mol. The van der Waals surface area contributed by atoms with Gasteiger partial charge in [0.25, 0.3) is 0 Å². The minimum Gasteiger partial charge on any atom is -0.204 e. The van der Waals surface area contributed by atoms with E-state index in [0.29, 0.717) is 5.56 Å². The van der Waals surface area contributed by atoms with Crippen molar-refractivity contribution in [3.8, 4) is 11.1 Å². The maximum atomic E-state index is 13.6. The summed E-state index contributed by atoms with van der Waals surface area (Å²) in [5, 5.41) is 2.22. The second-order valence-corrected chi connectivity index (χ2v) is 6.65. The molecule has 3 rings (SSSR count). The van der Waals surface area contributed by atoms with Crippen molar-refractivity contribution in [3.05, 3.63) is 71.8 Å². The molecule has 0 saturated carbocycles. The molecule has 0 N–H and O–H groups in total. The Balaban J connectivity index is 1.83. The van der Waals surface area contributed by atoms with Gasteiger partial charge in [0.05, 0.1) is 0 Å². The molecule has 0 bridgehead atoms. The van der Waals surface area contributed by atoms with Gasteiger partial charge >= 0.3 is 0 Å². The van der Waals surface area contributed by atoms with Gasteiger partial charge in [-0.2, -0.15) is 0 Å². The zero-order chi connectivity index (χ0) is 17.6. The molecule has 2 heteroatoms. The van der Waals surface area contributed by atoms with Crippen molar-refractivity contribution in [1.82, 2.24) is 0 Å². The molecule has 130 valence electrons. The molecule has 0 unspecified atom stereocenters. The largest absolute Gasteiger partial charge is 0.204 e. The van der Waals surface area contributed by atoms with Crippen LogP contribution in [-0.2, 0) is 6.42 Å². The number of benzene rings is 3. The van der Waals surface area contributed by atoms with Crippen molar-refractivity contribution in [3.63, 3.8) is 0 Å².